The van der Waals surface area contributed by atoms with E-state index in [-0.39, 0.29) is 5.57 Å². The molecule has 0 spiro atoms. The SMILES string of the molecule is [CH2]C(=C)C(N)=O. The highest BCUT2D eigenvalue weighted by Crippen LogP contribution is 1.77. The van der Waals surface area contributed by atoms with Gasteiger partial charge in [-0.15, -0.1) is 0 Å². The maximum absolute atomic E-state index is 9.76. The third kappa shape index (κ3) is 1.52. The van der Waals surface area contributed by atoms with E-state index in [2.05, 4.69) is 19.2 Å². The lowest BCUT2D eigenvalue weighted by Crippen LogP contribution is -2.10. The summed E-state index contributed by atoms with van der Waals surface area (Å²) < 4.78 is 0. The van der Waals surface area contributed by atoms with Gasteiger partial charge in [-0.3, -0.25) is 4.79 Å². The molecule has 0 aromatic heterocycles. The summed E-state index contributed by atoms with van der Waals surface area (Å²) in [5, 5.41) is 0. The predicted molar refractivity (Wildman–Crippen MR) is 23.7 cm³/mol. The minimum atomic E-state index is -0.546. The first-order chi connectivity index (χ1) is 2.64. The van der Waals surface area contributed by atoms with Crippen LogP contribution in [-0.4, -0.2) is 5.91 Å². The molecular weight excluding hydrogens is 78.0 g/mol. The van der Waals surface area contributed by atoms with Gasteiger partial charge in [0.25, 0.3) is 0 Å². The molecule has 2 nitrogen and oxygen atoms in total. The Morgan fingerprint density at radius 1 is 1.67 bits per heavy atom. The maximum Gasteiger partial charge on any atom is 0.244 e. The molecule has 0 unspecified atom stereocenters. The van der Waals surface area contributed by atoms with Crippen LogP contribution in [-0.2, 0) is 4.79 Å². The Hall–Kier alpha value is -0.790. The quantitative estimate of drug-likeness (QED) is 0.441. The van der Waals surface area contributed by atoms with Crippen molar-refractivity contribution in [2.24, 2.45) is 5.73 Å². The molecule has 0 heterocycles. The summed E-state index contributed by atoms with van der Waals surface area (Å²) in [6.07, 6.45) is 0. The lowest BCUT2D eigenvalue weighted by molar-refractivity contribution is -0.114. The Balaban J connectivity index is 3.57. The molecule has 0 saturated heterocycles. The minimum absolute atomic E-state index is 0.148. The number of hydrogen-bond donors (Lipinski definition) is 1. The Kier molecular flexibility index (Phi) is 1.39. The van der Waals surface area contributed by atoms with Crippen molar-refractivity contribution in [2.45, 2.75) is 0 Å². The molecule has 0 saturated carbocycles. The molecule has 0 aliphatic heterocycles. The van der Waals surface area contributed by atoms with E-state index in [0.29, 0.717) is 0 Å². The summed E-state index contributed by atoms with van der Waals surface area (Å²) in [4.78, 5) is 9.76. The summed E-state index contributed by atoms with van der Waals surface area (Å²) in [7, 11) is 0. The lowest BCUT2D eigenvalue weighted by atomic mass is 10.3. The topological polar surface area (TPSA) is 43.1 Å². The van der Waals surface area contributed by atoms with Crippen molar-refractivity contribution < 1.29 is 4.79 Å². The van der Waals surface area contributed by atoms with Crippen molar-refractivity contribution in [3.05, 3.63) is 19.1 Å². The molecule has 0 aromatic rings. The molecule has 6 heavy (non-hydrogen) atoms. The smallest absolute Gasteiger partial charge is 0.244 e. The van der Waals surface area contributed by atoms with E-state index in [1.807, 2.05) is 0 Å². The molecule has 2 N–H and O–H groups in total. The highest BCUT2D eigenvalue weighted by molar-refractivity contribution is 5.92. The summed E-state index contributed by atoms with van der Waals surface area (Å²) in [6.45, 7) is 6.34. The largest absolute Gasteiger partial charge is 0.366 e. The highest BCUT2D eigenvalue weighted by Gasteiger charge is 1.87. The first-order valence-corrected chi connectivity index (χ1v) is 1.45. The molecule has 0 aliphatic carbocycles. The Bertz CT molecular complexity index is 73.5. The third-order valence-corrected chi connectivity index (χ3v) is 0.348. The Morgan fingerprint density at radius 3 is 1.83 bits per heavy atom. The first kappa shape index (κ1) is 5.21. The van der Waals surface area contributed by atoms with Crippen LogP contribution in [0, 0.1) is 6.92 Å². The van der Waals surface area contributed by atoms with Crippen molar-refractivity contribution in [1.82, 2.24) is 0 Å². The van der Waals surface area contributed by atoms with E-state index in [4.69, 9.17) is 0 Å². The molecule has 0 fully saturated rings. The molecule has 0 atom stereocenters. The van der Waals surface area contributed by atoms with Gasteiger partial charge in [-0.25, -0.2) is 0 Å². The van der Waals surface area contributed by atoms with E-state index in [1.165, 1.54) is 0 Å². The van der Waals surface area contributed by atoms with Crippen molar-refractivity contribution >= 4 is 5.91 Å². The van der Waals surface area contributed by atoms with Crippen LogP contribution in [0.1, 0.15) is 0 Å². The van der Waals surface area contributed by atoms with E-state index in [1.54, 1.807) is 0 Å². The minimum Gasteiger partial charge on any atom is -0.366 e. The Morgan fingerprint density at radius 2 is 1.83 bits per heavy atom. The monoisotopic (exact) mass is 84.0 g/mol. The van der Waals surface area contributed by atoms with Crippen molar-refractivity contribution in [2.75, 3.05) is 0 Å². The summed E-state index contributed by atoms with van der Waals surface area (Å²) >= 11 is 0. The second-order valence-corrected chi connectivity index (χ2v) is 0.968. The highest BCUT2D eigenvalue weighted by atomic mass is 16.1. The molecule has 0 bridgehead atoms. The summed E-state index contributed by atoms with van der Waals surface area (Å²) in [5.41, 5.74) is 4.78. The predicted octanol–water partition coefficient (Wildman–Crippen LogP) is -0.138. The van der Waals surface area contributed by atoms with Crippen LogP contribution in [0.4, 0.5) is 0 Å². The average Bonchev–Trinajstić information content (AvgIpc) is 1.36. The summed E-state index contributed by atoms with van der Waals surface area (Å²) in [5.74, 6) is -0.546. The fraction of sp³-hybridized carbons (Fsp3) is 0. The van der Waals surface area contributed by atoms with Gasteiger partial charge in [0.15, 0.2) is 0 Å². The van der Waals surface area contributed by atoms with Gasteiger partial charge in [-0.05, 0) is 6.92 Å². The number of hydrogen-bond acceptors (Lipinski definition) is 1. The number of primary amides is 1. The number of amides is 1. The van der Waals surface area contributed by atoms with Gasteiger partial charge in [0.05, 0.1) is 0 Å². The van der Waals surface area contributed by atoms with Crippen LogP contribution >= 0.6 is 0 Å². The molecule has 0 aromatic carbocycles. The molecule has 2 heteroatoms. The zero-order valence-corrected chi connectivity index (χ0v) is 3.40. The standard InChI is InChI=1S/C4H6NO/c1-3(2)4(5)6/h1-2H2,(H2,5,6). The third-order valence-electron chi connectivity index (χ3n) is 0.348. The van der Waals surface area contributed by atoms with E-state index >= 15 is 0 Å². The molecule has 0 rings (SSSR count). The fourth-order valence-corrected chi connectivity index (χ4v) is 0. The van der Waals surface area contributed by atoms with Gasteiger partial charge in [-0.2, -0.15) is 0 Å². The van der Waals surface area contributed by atoms with Crippen LogP contribution < -0.4 is 5.73 Å². The van der Waals surface area contributed by atoms with Gasteiger partial charge in [0.1, 0.15) is 0 Å². The van der Waals surface area contributed by atoms with Crippen molar-refractivity contribution in [1.29, 1.82) is 0 Å². The first-order valence-electron chi connectivity index (χ1n) is 1.45. The van der Waals surface area contributed by atoms with Gasteiger partial charge in [0, 0.05) is 5.57 Å². The maximum atomic E-state index is 9.76. The number of nitrogens with two attached hydrogens (primary N) is 1. The second-order valence-electron chi connectivity index (χ2n) is 0.968. The van der Waals surface area contributed by atoms with E-state index < -0.39 is 5.91 Å². The zero-order valence-electron chi connectivity index (χ0n) is 3.40. The van der Waals surface area contributed by atoms with Gasteiger partial charge < -0.3 is 5.73 Å². The number of rotatable bonds is 1. The van der Waals surface area contributed by atoms with Gasteiger partial charge in [-0.1, -0.05) is 6.58 Å². The molecule has 1 amide bonds. The zero-order chi connectivity index (χ0) is 5.15. The van der Waals surface area contributed by atoms with Gasteiger partial charge in [0.2, 0.25) is 5.91 Å². The number of carbonyl (C=O) groups excluding carboxylic acids is 1. The van der Waals surface area contributed by atoms with Crippen LogP contribution in [0.5, 0.6) is 0 Å². The summed E-state index contributed by atoms with van der Waals surface area (Å²) in [6, 6.07) is 0. The van der Waals surface area contributed by atoms with Crippen molar-refractivity contribution in [3.63, 3.8) is 0 Å². The average molecular weight is 84.1 g/mol. The van der Waals surface area contributed by atoms with Crippen LogP contribution in [0.2, 0.25) is 0 Å². The molecule has 1 radical (unpaired) electrons. The fourth-order valence-electron chi connectivity index (χ4n) is 0. The van der Waals surface area contributed by atoms with E-state index in [0.717, 1.165) is 0 Å². The Labute approximate surface area is 36.6 Å². The second kappa shape index (κ2) is 1.60. The van der Waals surface area contributed by atoms with Crippen LogP contribution in [0.25, 0.3) is 0 Å². The normalized spacial score (nSPS) is 7.50. The lowest BCUT2D eigenvalue weighted by Gasteiger charge is -1.81. The van der Waals surface area contributed by atoms with Crippen LogP contribution in [0.3, 0.4) is 0 Å². The molecule has 33 valence electrons. The van der Waals surface area contributed by atoms with E-state index in [9.17, 15) is 4.79 Å². The molecular formula is C4H6NO. The van der Waals surface area contributed by atoms with Crippen molar-refractivity contribution in [3.8, 4) is 0 Å². The van der Waals surface area contributed by atoms with Crippen LogP contribution in [0.15, 0.2) is 12.2 Å². The molecule has 0 aliphatic rings. The number of carbonyl (C=O) groups is 1. The van der Waals surface area contributed by atoms with Gasteiger partial charge >= 0.3 is 0 Å².